The van der Waals surface area contributed by atoms with Crippen LogP contribution in [0.25, 0.3) is 21.9 Å². The molecule has 0 saturated heterocycles. The van der Waals surface area contributed by atoms with Gasteiger partial charge in [0, 0.05) is 18.2 Å². The highest BCUT2D eigenvalue weighted by Gasteiger charge is 2.23. The molecule has 0 amide bonds. The summed E-state index contributed by atoms with van der Waals surface area (Å²) in [5.41, 5.74) is -0.139. The molecule has 1 aromatic carbocycles. The molecule has 8 heteroatoms. The first-order valence-corrected chi connectivity index (χ1v) is 8.40. The predicted molar refractivity (Wildman–Crippen MR) is 105 cm³/mol. The van der Waals surface area contributed by atoms with Gasteiger partial charge in [0.05, 0.1) is 11.6 Å². The molecule has 0 saturated carbocycles. The van der Waals surface area contributed by atoms with E-state index in [2.05, 4.69) is 5.32 Å². The maximum absolute atomic E-state index is 12.3. The van der Waals surface area contributed by atoms with Crippen LogP contribution in [0, 0.1) is 6.92 Å². The summed E-state index contributed by atoms with van der Waals surface area (Å²) >= 11 is 0. The Balaban J connectivity index is 0.00000261. The third-order valence-corrected chi connectivity index (χ3v) is 3.93. The molecule has 7 nitrogen and oxygen atoms in total. The zero-order valence-electron chi connectivity index (χ0n) is 15.7. The maximum atomic E-state index is 12.3. The number of β-amino-alcohol motifs (C(OH)–C–C–N with tert-alkyl or cyclic N) is 1. The molecule has 3 N–H and O–H groups in total. The fraction of sp³-hybridized carbons (Fsp3) is 0.421. The highest BCUT2D eigenvalue weighted by atomic mass is 35.5. The molecule has 0 aliphatic carbocycles. The normalized spacial score (nSPS) is 12.9. The predicted octanol–water partition coefficient (Wildman–Crippen LogP) is 3.10. The van der Waals surface area contributed by atoms with Crippen molar-refractivity contribution in [1.82, 2.24) is 5.32 Å². The van der Waals surface area contributed by atoms with Gasteiger partial charge in [-0.05, 0) is 33.8 Å². The number of fused-ring (bicyclic) bond motifs is 2. The van der Waals surface area contributed by atoms with Crippen molar-refractivity contribution < 1.29 is 23.8 Å². The number of ether oxygens (including phenoxy) is 1. The van der Waals surface area contributed by atoms with E-state index in [1.807, 2.05) is 20.8 Å². The summed E-state index contributed by atoms with van der Waals surface area (Å²) in [6, 6.07) is 2.85. The highest BCUT2D eigenvalue weighted by Crippen LogP contribution is 2.41. The Morgan fingerprint density at radius 2 is 2.00 bits per heavy atom. The summed E-state index contributed by atoms with van der Waals surface area (Å²) < 4.78 is 16.8. The van der Waals surface area contributed by atoms with Gasteiger partial charge in [-0.25, -0.2) is 0 Å². The van der Waals surface area contributed by atoms with Crippen molar-refractivity contribution >= 4 is 34.3 Å². The lowest BCUT2D eigenvalue weighted by Crippen LogP contribution is -2.42. The van der Waals surface area contributed by atoms with Gasteiger partial charge in [0.2, 0.25) is 5.75 Å². The number of phenols is 1. The maximum Gasteiger partial charge on any atom is 0.206 e. The zero-order valence-corrected chi connectivity index (χ0v) is 16.5. The van der Waals surface area contributed by atoms with E-state index in [1.165, 1.54) is 12.3 Å². The zero-order chi connectivity index (χ0) is 19.1. The van der Waals surface area contributed by atoms with Gasteiger partial charge in [-0.3, -0.25) is 4.79 Å². The molecule has 0 bridgehead atoms. The van der Waals surface area contributed by atoms with E-state index in [0.717, 1.165) is 0 Å². The number of hydrogen-bond acceptors (Lipinski definition) is 7. The van der Waals surface area contributed by atoms with E-state index in [4.69, 9.17) is 13.6 Å². The van der Waals surface area contributed by atoms with Crippen LogP contribution >= 0.6 is 12.4 Å². The molecule has 0 spiro atoms. The number of rotatable bonds is 5. The third kappa shape index (κ3) is 4.37. The lowest BCUT2D eigenvalue weighted by atomic mass is 10.1. The molecule has 0 aliphatic rings. The van der Waals surface area contributed by atoms with Crippen molar-refractivity contribution in [3.63, 3.8) is 0 Å². The van der Waals surface area contributed by atoms with E-state index >= 15 is 0 Å². The Kier molecular flexibility index (Phi) is 6.09. The molecule has 27 heavy (non-hydrogen) atoms. The van der Waals surface area contributed by atoms with Crippen LogP contribution in [-0.4, -0.2) is 35.0 Å². The van der Waals surface area contributed by atoms with Crippen molar-refractivity contribution in [2.24, 2.45) is 0 Å². The van der Waals surface area contributed by atoms with Crippen molar-refractivity contribution in [2.75, 3.05) is 13.2 Å². The molecular weight excluding hydrogens is 374 g/mol. The van der Waals surface area contributed by atoms with Gasteiger partial charge in [-0.2, -0.15) is 0 Å². The van der Waals surface area contributed by atoms with E-state index in [1.54, 1.807) is 13.0 Å². The van der Waals surface area contributed by atoms with Crippen LogP contribution in [0.3, 0.4) is 0 Å². The number of nitrogens with one attached hydrogen (secondary N) is 1. The molecule has 2 aromatic heterocycles. The van der Waals surface area contributed by atoms with Gasteiger partial charge in [0.15, 0.2) is 16.6 Å². The van der Waals surface area contributed by atoms with E-state index in [9.17, 15) is 15.0 Å². The minimum atomic E-state index is -0.778. The summed E-state index contributed by atoms with van der Waals surface area (Å²) in [6.07, 6.45) is 0.616. The van der Waals surface area contributed by atoms with Gasteiger partial charge in [-0.1, -0.05) is 0 Å². The second-order valence-electron chi connectivity index (χ2n) is 7.36. The van der Waals surface area contributed by atoms with Crippen LogP contribution in [0.15, 0.2) is 32.0 Å². The molecule has 0 fully saturated rings. The minimum Gasteiger partial charge on any atom is -0.506 e. The second kappa shape index (κ2) is 7.80. The molecular formula is C19H24ClNO6. The molecule has 3 aromatic rings. The van der Waals surface area contributed by atoms with Gasteiger partial charge in [0.1, 0.15) is 29.6 Å². The summed E-state index contributed by atoms with van der Waals surface area (Å²) in [5, 5.41) is 24.2. The lowest BCUT2D eigenvalue weighted by molar-refractivity contribution is 0.100. The Hall–Kier alpha value is -2.22. The van der Waals surface area contributed by atoms with Crippen molar-refractivity contribution in [2.45, 2.75) is 39.3 Å². The molecule has 3 rings (SSSR count). The number of aliphatic hydroxyl groups is 1. The fourth-order valence-corrected chi connectivity index (χ4v) is 2.70. The molecule has 2 heterocycles. The number of furan rings is 1. The monoisotopic (exact) mass is 397 g/mol. The van der Waals surface area contributed by atoms with E-state index in [-0.39, 0.29) is 58.0 Å². The number of hydrogen-bond donors (Lipinski definition) is 3. The quantitative estimate of drug-likeness (QED) is 0.607. The molecule has 1 atom stereocenters. The first-order chi connectivity index (χ1) is 12.2. The largest absolute Gasteiger partial charge is 0.506 e. The topological polar surface area (TPSA) is 105 Å². The number of aryl methyl sites for hydroxylation is 1. The Morgan fingerprint density at radius 1 is 1.30 bits per heavy atom. The van der Waals surface area contributed by atoms with Crippen LogP contribution in [0.5, 0.6) is 11.5 Å². The van der Waals surface area contributed by atoms with Gasteiger partial charge < -0.3 is 29.1 Å². The minimum absolute atomic E-state index is 0. The number of aromatic hydroxyl groups is 1. The highest BCUT2D eigenvalue weighted by molar-refractivity contribution is 6.06. The molecule has 148 valence electrons. The summed E-state index contributed by atoms with van der Waals surface area (Å²) in [4.78, 5) is 12.3. The third-order valence-electron chi connectivity index (χ3n) is 3.93. The van der Waals surface area contributed by atoms with Crippen LogP contribution in [-0.2, 0) is 0 Å². The molecule has 0 aliphatic heterocycles. The smallest absolute Gasteiger partial charge is 0.206 e. The van der Waals surface area contributed by atoms with Gasteiger partial charge in [0.25, 0.3) is 0 Å². The Labute approximate surface area is 162 Å². The SMILES string of the molecule is Cc1cc(=O)c2c(O)c3ccoc3c(OC[C@H](O)CNC(C)(C)C)c2o1.Cl. The molecule has 0 unspecified atom stereocenters. The number of halogens is 1. The number of phenolic OH excluding ortho intramolecular Hbond substituents is 1. The van der Waals surface area contributed by atoms with Crippen LogP contribution in [0.4, 0.5) is 0 Å². The van der Waals surface area contributed by atoms with Crippen molar-refractivity contribution in [1.29, 1.82) is 0 Å². The van der Waals surface area contributed by atoms with E-state index < -0.39 is 6.10 Å². The number of aliphatic hydroxyl groups excluding tert-OH is 1. The Morgan fingerprint density at radius 3 is 2.67 bits per heavy atom. The van der Waals surface area contributed by atoms with Crippen LogP contribution in [0.1, 0.15) is 26.5 Å². The van der Waals surface area contributed by atoms with E-state index in [0.29, 0.717) is 17.7 Å². The molecule has 0 radical (unpaired) electrons. The fourth-order valence-electron chi connectivity index (χ4n) is 2.70. The van der Waals surface area contributed by atoms with Gasteiger partial charge >= 0.3 is 0 Å². The van der Waals surface area contributed by atoms with Crippen LogP contribution in [0.2, 0.25) is 0 Å². The number of benzene rings is 1. The Bertz CT molecular complexity index is 1000. The lowest BCUT2D eigenvalue weighted by Gasteiger charge is -2.23. The average Bonchev–Trinajstić information content (AvgIpc) is 3.01. The first kappa shape index (κ1) is 21.1. The first-order valence-electron chi connectivity index (χ1n) is 8.40. The standard InChI is InChI=1S/C19H23NO6.ClH/c1-10-7-13(22)14-15(23)12-5-6-24-16(12)18(17(14)26-10)25-9-11(21)8-20-19(2,3)4;/h5-7,11,20-21,23H,8-9H2,1-4H3;1H/t11-;/m1./s1. The summed E-state index contributed by atoms with van der Waals surface area (Å²) in [5.74, 6) is 0.362. The average molecular weight is 398 g/mol. The summed E-state index contributed by atoms with van der Waals surface area (Å²) in [7, 11) is 0. The summed E-state index contributed by atoms with van der Waals surface area (Å²) in [6.45, 7) is 7.93. The van der Waals surface area contributed by atoms with Crippen molar-refractivity contribution in [3.8, 4) is 11.5 Å². The van der Waals surface area contributed by atoms with Crippen LogP contribution < -0.4 is 15.5 Å². The second-order valence-corrected chi connectivity index (χ2v) is 7.36. The van der Waals surface area contributed by atoms with Gasteiger partial charge in [-0.15, -0.1) is 12.4 Å². The van der Waals surface area contributed by atoms with Crippen molar-refractivity contribution in [3.05, 3.63) is 34.4 Å².